The van der Waals surface area contributed by atoms with Crippen LogP contribution in [0.1, 0.15) is 5.69 Å². The van der Waals surface area contributed by atoms with Crippen molar-refractivity contribution < 1.29 is 17.9 Å². The van der Waals surface area contributed by atoms with Crippen LogP contribution in [0.4, 0.5) is 5.69 Å². The van der Waals surface area contributed by atoms with E-state index >= 15 is 0 Å². The van der Waals surface area contributed by atoms with E-state index in [0.717, 1.165) is 5.69 Å². The van der Waals surface area contributed by atoms with Crippen LogP contribution in [0.2, 0.25) is 5.02 Å². The second-order valence-electron chi connectivity index (χ2n) is 6.31. The summed E-state index contributed by atoms with van der Waals surface area (Å²) in [5, 5.41) is 3.18. The minimum absolute atomic E-state index is 0.138. The first-order valence-electron chi connectivity index (χ1n) is 9.00. The largest absolute Gasteiger partial charge is 0.484 e. The zero-order chi connectivity index (χ0) is 21.6. The van der Waals surface area contributed by atoms with E-state index in [1.165, 1.54) is 35.6 Å². The van der Waals surface area contributed by atoms with Crippen LogP contribution < -0.4 is 14.4 Å². The summed E-state index contributed by atoms with van der Waals surface area (Å²) in [6.07, 6.45) is 1.66. The molecule has 9 heteroatoms. The van der Waals surface area contributed by atoms with E-state index in [9.17, 15) is 13.2 Å². The first kappa shape index (κ1) is 21.6. The molecule has 2 aromatic carbocycles. The maximum absolute atomic E-state index is 12.7. The summed E-state index contributed by atoms with van der Waals surface area (Å²) in [5.74, 6) is 0.163. The zero-order valence-corrected chi connectivity index (χ0v) is 17.7. The third-order valence-electron chi connectivity index (χ3n) is 4.24. The lowest BCUT2D eigenvalue weighted by atomic mass is 10.3. The van der Waals surface area contributed by atoms with Crippen LogP contribution in [0, 0.1) is 0 Å². The van der Waals surface area contributed by atoms with Crippen molar-refractivity contribution in [2.45, 2.75) is 11.4 Å². The van der Waals surface area contributed by atoms with Gasteiger partial charge >= 0.3 is 0 Å². The number of rotatable bonds is 8. The number of aromatic nitrogens is 1. The average Bonchev–Trinajstić information content (AvgIpc) is 2.77. The molecule has 1 amide bonds. The summed E-state index contributed by atoms with van der Waals surface area (Å²) in [6, 6.07) is 17.8. The van der Waals surface area contributed by atoms with E-state index < -0.39 is 10.0 Å². The van der Waals surface area contributed by atoms with E-state index in [1.54, 1.807) is 36.5 Å². The maximum Gasteiger partial charge on any atom is 0.264 e. The quantitative estimate of drug-likeness (QED) is 0.575. The van der Waals surface area contributed by atoms with Crippen LogP contribution in [0.25, 0.3) is 0 Å². The number of benzene rings is 2. The lowest BCUT2D eigenvalue weighted by molar-refractivity contribution is -0.123. The van der Waals surface area contributed by atoms with E-state index in [2.05, 4.69) is 10.3 Å². The number of nitrogens with one attached hydrogen (secondary N) is 1. The molecule has 3 rings (SSSR count). The van der Waals surface area contributed by atoms with Crippen LogP contribution in [0.3, 0.4) is 0 Å². The van der Waals surface area contributed by atoms with Gasteiger partial charge in [0.15, 0.2) is 6.61 Å². The number of halogens is 1. The summed E-state index contributed by atoms with van der Waals surface area (Å²) >= 11 is 5.82. The van der Waals surface area contributed by atoms with Gasteiger partial charge in [-0.15, -0.1) is 0 Å². The molecule has 1 aromatic heterocycles. The van der Waals surface area contributed by atoms with Crippen molar-refractivity contribution in [2.24, 2.45) is 0 Å². The predicted molar refractivity (Wildman–Crippen MR) is 115 cm³/mol. The van der Waals surface area contributed by atoms with Gasteiger partial charge in [-0.3, -0.25) is 14.1 Å². The Hall–Kier alpha value is -3.10. The van der Waals surface area contributed by atoms with Crippen LogP contribution >= 0.6 is 11.6 Å². The smallest absolute Gasteiger partial charge is 0.264 e. The second-order valence-corrected chi connectivity index (χ2v) is 8.71. The monoisotopic (exact) mass is 445 g/mol. The molecule has 1 N–H and O–H groups in total. The molecule has 0 aliphatic heterocycles. The Morgan fingerprint density at radius 3 is 2.40 bits per heavy atom. The topological polar surface area (TPSA) is 88.6 Å². The molecule has 0 fully saturated rings. The Kier molecular flexibility index (Phi) is 6.91. The van der Waals surface area contributed by atoms with Gasteiger partial charge in [-0.2, -0.15) is 0 Å². The lowest BCUT2D eigenvalue weighted by Gasteiger charge is -2.20. The molecule has 0 unspecified atom stereocenters. The van der Waals surface area contributed by atoms with Crippen molar-refractivity contribution in [3.63, 3.8) is 0 Å². The van der Waals surface area contributed by atoms with Gasteiger partial charge in [0.2, 0.25) is 0 Å². The highest BCUT2D eigenvalue weighted by Gasteiger charge is 2.21. The second kappa shape index (κ2) is 9.60. The zero-order valence-electron chi connectivity index (χ0n) is 16.2. The summed E-state index contributed by atoms with van der Waals surface area (Å²) in [5.41, 5.74) is 1.21. The normalized spacial score (nSPS) is 11.0. The molecule has 156 valence electrons. The number of hydrogen-bond donors (Lipinski definition) is 1. The molecular weight excluding hydrogens is 426 g/mol. The molecule has 7 nitrogen and oxygen atoms in total. The number of hydrogen-bond acceptors (Lipinski definition) is 5. The third kappa shape index (κ3) is 5.49. The van der Waals surface area contributed by atoms with E-state index in [-0.39, 0.29) is 17.4 Å². The number of ether oxygens (including phenoxy) is 1. The molecule has 30 heavy (non-hydrogen) atoms. The molecule has 0 aliphatic rings. The van der Waals surface area contributed by atoms with Gasteiger partial charge < -0.3 is 10.1 Å². The molecule has 0 atom stereocenters. The molecule has 0 bridgehead atoms. The van der Waals surface area contributed by atoms with Crippen LogP contribution in [-0.4, -0.2) is 33.0 Å². The van der Waals surface area contributed by atoms with E-state index in [4.69, 9.17) is 16.3 Å². The molecule has 0 saturated carbocycles. The molecule has 1 heterocycles. The number of anilines is 1. The number of carbonyl (C=O) groups excluding carboxylic acids is 1. The Labute approximate surface area is 180 Å². The number of carbonyl (C=O) groups is 1. The van der Waals surface area contributed by atoms with Crippen molar-refractivity contribution in [2.75, 3.05) is 18.0 Å². The summed E-state index contributed by atoms with van der Waals surface area (Å²) in [6.45, 7) is 0.153. The summed E-state index contributed by atoms with van der Waals surface area (Å²) in [7, 11) is -2.25. The van der Waals surface area contributed by atoms with Gasteiger partial charge in [-0.25, -0.2) is 8.42 Å². The highest BCUT2D eigenvalue weighted by atomic mass is 35.5. The third-order valence-corrected chi connectivity index (χ3v) is 6.29. The Bertz CT molecular complexity index is 1090. The van der Waals surface area contributed by atoms with Crippen molar-refractivity contribution in [3.8, 4) is 5.75 Å². The van der Waals surface area contributed by atoms with Gasteiger partial charge in [-0.1, -0.05) is 17.7 Å². The number of amides is 1. The van der Waals surface area contributed by atoms with Crippen molar-refractivity contribution in [1.29, 1.82) is 0 Å². The van der Waals surface area contributed by atoms with Crippen LogP contribution in [0.5, 0.6) is 5.75 Å². The highest BCUT2D eigenvalue weighted by Crippen LogP contribution is 2.25. The number of pyridine rings is 1. The van der Waals surface area contributed by atoms with Crippen molar-refractivity contribution >= 4 is 33.2 Å². The molecule has 0 saturated heterocycles. The Balaban J connectivity index is 1.56. The fourth-order valence-electron chi connectivity index (χ4n) is 2.55. The maximum atomic E-state index is 12.7. The Morgan fingerprint density at radius 1 is 1.07 bits per heavy atom. The minimum atomic E-state index is -3.72. The fraction of sp³-hybridized carbons (Fsp3) is 0.143. The first-order chi connectivity index (χ1) is 14.4. The van der Waals surface area contributed by atoms with Crippen molar-refractivity contribution in [1.82, 2.24) is 10.3 Å². The van der Waals surface area contributed by atoms with E-state index in [1.807, 2.05) is 12.1 Å². The summed E-state index contributed by atoms with van der Waals surface area (Å²) < 4.78 is 32.1. The van der Waals surface area contributed by atoms with Crippen LogP contribution in [0.15, 0.2) is 77.8 Å². The fourth-order valence-corrected chi connectivity index (χ4v) is 3.87. The van der Waals surface area contributed by atoms with Crippen LogP contribution in [-0.2, 0) is 21.4 Å². The summed E-state index contributed by atoms with van der Waals surface area (Å²) in [4.78, 5) is 16.2. The van der Waals surface area contributed by atoms with Gasteiger partial charge in [0, 0.05) is 18.3 Å². The lowest BCUT2D eigenvalue weighted by Crippen LogP contribution is -2.28. The average molecular weight is 446 g/mol. The van der Waals surface area contributed by atoms with Gasteiger partial charge in [-0.05, 0) is 60.7 Å². The highest BCUT2D eigenvalue weighted by molar-refractivity contribution is 7.92. The van der Waals surface area contributed by atoms with E-state index in [0.29, 0.717) is 23.0 Å². The molecule has 3 aromatic rings. The SMILES string of the molecule is CN(c1ccc(OCC(=O)NCc2ccccn2)cc1)S(=O)(=O)c1ccc(Cl)cc1. The molecular formula is C21H20ClN3O4S. The van der Waals surface area contributed by atoms with Gasteiger partial charge in [0.05, 0.1) is 22.8 Å². The van der Waals surface area contributed by atoms with Crippen molar-refractivity contribution in [3.05, 3.63) is 83.6 Å². The van der Waals surface area contributed by atoms with Gasteiger partial charge in [0.25, 0.3) is 15.9 Å². The number of sulfonamides is 1. The molecule has 0 spiro atoms. The first-order valence-corrected chi connectivity index (χ1v) is 10.8. The molecule has 0 radical (unpaired) electrons. The minimum Gasteiger partial charge on any atom is -0.484 e. The number of nitrogens with zero attached hydrogens (tertiary/aromatic N) is 2. The Morgan fingerprint density at radius 2 is 1.77 bits per heavy atom. The molecule has 0 aliphatic carbocycles. The predicted octanol–water partition coefficient (Wildman–Crippen LogP) is 3.26. The van der Waals surface area contributed by atoms with Gasteiger partial charge in [0.1, 0.15) is 5.75 Å². The standard InChI is InChI=1S/C21H20ClN3O4S/c1-25(30(27,28)20-11-5-16(22)6-12-20)18-7-9-19(10-8-18)29-15-21(26)24-14-17-4-2-3-13-23-17/h2-13H,14-15H2,1H3,(H,24,26).